The predicted molar refractivity (Wildman–Crippen MR) is 86.2 cm³/mol. The van der Waals surface area contributed by atoms with E-state index in [4.69, 9.17) is 4.74 Å². The van der Waals surface area contributed by atoms with E-state index in [0.717, 1.165) is 11.3 Å². The average Bonchev–Trinajstić information content (AvgIpc) is 3.15. The lowest BCUT2D eigenvalue weighted by Gasteiger charge is -2.16. The zero-order valence-corrected chi connectivity index (χ0v) is 13.6. The van der Waals surface area contributed by atoms with Gasteiger partial charge in [-0.2, -0.15) is 0 Å². The second-order valence-electron chi connectivity index (χ2n) is 5.78. The zero-order chi connectivity index (χ0) is 17.1. The van der Waals surface area contributed by atoms with Crippen LogP contribution in [0.2, 0.25) is 0 Å². The molecule has 1 unspecified atom stereocenters. The number of aryl methyl sites for hydroxylation is 1. The summed E-state index contributed by atoms with van der Waals surface area (Å²) < 4.78 is 6.74. The third-order valence-corrected chi connectivity index (χ3v) is 4.06. The van der Waals surface area contributed by atoms with Crippen LogP contribution in [0.5, 0.6) is 5.75 Å². The monoisotopic (exact) mass is 329 g/mol. The molecule has 1 saturated heterocycles. The van der Waals surface area contributed by atoms with Gasteiger partial charge in [-0.3, -0.25) is 14.9 Å². The lowest BCUT2D eigenvalue weighted by atomic mass is 10.1. The SMILES string of the molecule is COc1ccc(CN2CC(C(=O)Nc3nncn3C)CC2=O)cc1. The fraction of sp³-hybridized carbons (Fsp3) is 0.375. The minimum atomic E-state index is -0.382. The molecule has 1 aliphatic rings. The van der Waals surface area contributed by atoms with E-state index in [2.05, 4.69) is 15.5 Å². The molecule has 0 bridgehead atoms. The minimum absolute atomic E-state index is 0.0241. The van der Waals surface area contributed by atoms with Crippen molar-refractivity contribution in [3.63, 3.8) is 0 Å². The van der Waals surface area contributed by atoms with Crippen LogP contribution in [0.25, 0.3) is 0 Å². The Morgan fingerprint density at radius 2 is 2.12 bits per heavy atom. The molecule has 1 atom stereocenters. The summed E-state index contributed by atoms with van der Waals surface area (Å²) in [4.78, 5) is 26.2. The van der Waals surface area contributed by atoms with Gasteiger partial charge in [0.25, 0.3) is 0 Å². The van der Waals surface area contributed by atoms with Crippen LogP contribution in [-0.4, -0.2) is 45.1 Å². The van der Waals surface area contributed by atoms with Gasteiger partial charge in [-0.25, -0.2) is 0 Å². The highest BCUT2D eigenvalue weighted by atomic mass is 16.5. The van der Waals surface area contributed by atoms with Gasteiger partial charge in [0.15, 0.2) is 0 Å². The molecule has 1 aliphatic heterocycles. The maximum Gasteiger partial charge on any atom is 0.232 e. The van der Waals surface area contributed by atoms with Crippen molar-refractivity contribution in [2.24, 2.45) is 13.0 Å². The van der Waals surface area contributed by atoms with Gasteiger partial charge in [-0.15, -0.1) is 10.2 Å². The van der Waals surface area contributed by atoms with E-state index in [1.54, 1.807) is 23.6 Å². The molecule has 1 aromatic carbocycles. The number of carbonyl (C=O) groups excluding carboxylic acids is 2. The van der Waals surface area contributed by atoms with Crippen molar-refractivity contribution < 1.29 is 14.3 Å². The van der Waals surface area contributed by atoms with Crippen LogP contribution >= 0.6 is 0 Å². The number of rotatable bonds is 5. The number of aromatic nitrogens is 3. The van der Waals surface area contributed by atoms with E-state index >= 15 is 0 Å². The Kier molecular flexibility index (Phi) is 4.45. The second kappa shape index (κ2) is 6.69. The molecular weight excluding hydrogens is 310 g/mol. The number of methoxy groups -OCH3 is 1. The highest BCUT2D eigenvalue weighted by molar-refractivity contribution is 5.96. The molecule has 3 rings (SSSR count). The van der Waals surface area contributed by atoms with Gasteiger partial charge < -0.3 is 14.2 Å². The van der Waals surface area contributed by atoms with Crippen molar-refractivity contribution in [3.8, 4) is 5.75 Å². The number of likely N-dealkylation sites (tertiary alicyclic amines) is 1. The van der Waals surface area contributed by atoms with Crippen LogP contribution < -0.4 is 10.1 Å². The highest BCUT2D eigenvalue weighted by Crippen LogP contribution is 2.22. The number of carbonyl (C=O) groups is 2. The molecule has 1 fully saturated rings. The Hall–Kier alpha value is -2.90. The van der Waals surface area contributed by atoms with Gasteiger partial charge in [0, 0.05) is 26.6 Å². The molecule has 1 N–H and O–H groups in total. The van der Waals surface area contributed by atoms with Crippen LogP contribution in [0, 0.1) is 5.92 Å². The van der Waals surface area contributed by atoms with Crippen LogP contribution in [0.3, 0.4) is 0 Å². The van der Waals surface area contributed by atoms with Crippen molar-refractivity contribution in [3.05, 3.63) is 36.2 Å². The number of hydrogen-bond acceptors (Lipinski definition) is 5. The number of ether oxygens (including phenoxy) is 1. The largest absolute Gasteiger partial charge is 0.497 e. The van der Waals surface area contributed by atoms with Crippen molar-refractivity contribution in [1.29, 1.82) is 0 Å². The molecule has 0 radical (unpaired) electrons. The molecule has 0 saturated carbocycles. The van der Waals surface area contributed by atoms with Gasteiger partial charge in [-0.1, -0.05) is 12.1 Å². The van der Waals surface area contributed by atoms with Gasteiger partial charge in [-0.05, 0) is 17.7 Å². The summed E-state index contributed by atoms with van der Waals surface area (Å²) in [6, 6.07) is 7.54. The molecule has 1 aromatic heterocycles. The molecule has 24 heavy (non-hydrogen) atoms. The first-order valence-corrected chi connectivity index (χ1v) is 7.62. The highest BCUT2D eigenvalue weighted by Gasteiger charge is 2.34. The Labute approximate surface area is 139 Å². The third kappa shape index (κ3) is 3.37. The second-order valence-corrected chi connectivity index (χ2v) is 5.78. The van der Waals surface area contributed by atoms with E-state index in [-0.39, 0.29) is 24.2 Å². The van der Waals surface area contributed by atoms with Crippen molar-refractivity contribution in [1.82, 2.24) is 19.7 Å². The van der Waals surface area contributed by atoms with Crippen LogP contribution in [0.4, 0.5) is 5.95 Å². The van der Waals surface area contributed by atoms with Crippen molar-refractivity contribution in [2.45, 2.75) is 13.0 Å². The fourth-order valence-corrected chi connectivity index (χ4v) is 2.66. The maximum absolute atomic E-state index is 12.3. The van der Waals surface area contributed by atoms with Gasteiger partial charge in [0.05, 0.1) is 13.0 Å². The molecule has 0 spiro atoms. The third-order valence-electron chi connectivity index (χ3n) is 4.06. The number of hydrogen-bond donors (Lipinski definition) is 1. The predicted octanol–water partition coefficient (Wildman–Crippen LogP) is 0.811. The van der Waals surface area contributed by atoms with E-state index in [1.165, 1.54) is 6.33 Å². The normalized spacial score (nSPS) is 17.2. The number of amides is 2. The topological polar surface area (TPSA) is 89.3 Å². The van der Waals surface area contributed by atoms with Gasteiger partial charge in [0.2, 0.25) is 17.8 Å². The first kappa shape index (κ1) is 16.0. The van der Waals surface area contributed by atoms with E-state index in [9.17, 15) is 9.59 Å². The number of nitrogens with one attached hydrogen (secondary N) is 1. The molecule has 0 aliphatic carbocycles. The van der Waals surface area contributed by atoms with E-state index in [1.807, 2.05) is 24.3 Å². The Morgan fingerprint density at radius 1 is 1.38 bits per heavy atom. The zero-order valence-electron chi connectivity index (χ0n) is 13.6. The smallest absolute Gasteiger partial charge is 0.232 e. The van der Waals surface area contributed by atoms with Crippen LogP contribution in [0.1, 0.15) is 12.0 Å². The average molecular weight is 329 g/mol. The first-order chi connectivity index (χ1) is 11.6. The lowest BCUT2D eigenvalue weighted by Crippen LogP contribution is -2.28. The lowest BCUT2D eigenvalue weighted by molar-refractivity contribution is -0.128. The van der Waals surface area contributed by atoms with Crippen LogP contribution in [-0.2, 0) is 23.2 Å². The van der Waals surface area contributed by atoms with Crippen molar-refractivity contribution in [2.75, 3.05) is 19.0 Å². The Bertz CT molecular complexity index is 740. The summed E-state index contributed by atoms with van der Waals surface area (Å²) >= 11 is 0. The molecule has 2 heterocycles. The molecular formula is C16H19N5O3. The number of nitrogens with zero attached hydrogens (tertiary/aromatic N) is 4. The van der Waals surface area contributed by atoms with Gasteiger partial charge >= 0.3 is 0 Å². The van der Waals surface area contributed by atoms with Gasteiger partial charge in [0.1, 0.15) is 12.1 Å². The summed E-state index contributed by atoms with van der Waals surface area (Å²) in [6.07, 6.45) is 1.71. The molecule has 8 heteroatoms. The Morgan fingerprint density at radius 3 is 2.75 bits per heavy atom. The molecule has 126 valence electrons. The summed E-state index contributed by atoms with van der Waals surface area (Å²) in [5, 5.41) is 10.2. The minimum Gasteiger partial charge on any atom is -0.497 e. The van der Waals surface area contributed by atoms with E-state index < -0.39 is 0 Å². The van der Waals surface area contributed by atoms with Crippen LogP contribution in [0.15, 0.2) is 30.6 Å². The first-order valence-electron chi connectivity index (χ1n) is 7.62. The number of anilines is 1. The quantitative estimate of drug-likeness (QED) is 0.877. The summed E-state index contributed by atoms with van der Waals surface area (Å²) in [6.45, 7) is 0.880. The maximum atomic E-state index is 12.3. The van der Waals surface area contributed by atoms with Crippen molar-refractivity contribution >= 4 is 17.8 Å². The van der Waals surface area contributed by atoms with E-state index in [0.29, 0.717) is 19.0 Å². The fourth-order valence-electron chi connectivity index (χ4n) is 2.66. The number of benzene rings is 1. The molecule has 8 nitrogen and oxygen atoms in total. The Balaban J connectivity index is 1.60. The summed E-state index contributed by atoms with van der Waals surface area (Å²) in [5.74, 6) is 0.529. The summed E-state index contributed by atoms with van der Waals surface area (Å²) in [7, 11) is 3.35. The standard InChI is InChI=1S/C16H19N5O3/c1-20-10-17-19-16(20)18-15(23)12-7-14(22)21(9-12)8-11-3-5-13(24-2)6-4-11/h3-6,10,12H,7-9H2,1-2H3,(H,18,19,23). The molecule has 2 aromatic rings. The summed E-state index contributed by atoms with van der Waals surface area (Å²) in [5.41, 5.74) is 0.999. The molecule has 2 amide bonds.